The lowest BCUT2D eigenvalue weighted by Gasteiger charge is -2.16. The number of nitrogens with zero attached hydrogens (tertiary/aromatic N) is 3. The van der Waals surface area contributed by atoms with Crippen LogP contribution in [0.1, 0.15) is 24.4 Å². The Balaban J connectivity index is 2.46. The molecule has 0 amide bonds. The molecule has 0 aliphatic heterocycles. The highest BCUT2D eigenvalue weighted by Gasteiger charge is 2.25. The molecule has 0 unspecified atom stereocenters. The lowest BCUT2D eigenvalue weighted by Crippen LogP contribution is -2.16. The molecule has 2 aromatic rings. The molecule has 0 radical (unpaired) electrons. The molecule has 0 fully saturated rings. The molecule has 5 nitrogen and oxygen atoms in total. The van der Waals surface area contributed by atoms with Gasteiger partial charge in [0, 0.05) is 19.5 Å². The molecule has 0 bridgehead atoms. The molecule has 2 rings (SSSR count). The van der Waals surface area contributed by atoms with Gasteiger partial charge in [0.1, 0.15) is 10.7 Å². The summed E-state index contributed by atoms with van der Waals surface area (Å²) in [4.78, 5) is 13.5. The minimum absolute atomic E-state index is 0.371. The van der Waals surface area contributed by atoms with E-state index >= 15 is 0 Å². The van der Waals surface area contributed by atoms with E-state index in [1.165, 1.54) is 11.3 Å². The third-order valence-corrected chi connectivity index (χ3v) is 3.75. The van der Waals surface area contributed by atoms with Gasteiger partial charge in [-0.05, 0) is 13.8 Å². The van der Waals surface area contributed by atoms with Crippen molar-refractivity contribution in [2.75, 3.05) is 7.11 Å². The molecule has 0 spiro atoms. The predicted molar refractivity (Wildman–Crippen MR) is 69.1 cm³/mol. The average molecular weight is 265 g/mol. The van der Waals surface area contributed by atoms with Crippen LogP contribution in [0.4, 0.5) is 0 Å². The molecular weight excluding hydrogens is 250 g/mol. The maximum absolute atomic E-state index is 10.1. The normalized spacial score (nSPS) is 11.8. The van der Waals surface area contributed by atoms with Crippen LogP contribution in [0.15, 0.2) is 18.6 Å². The van der Waals surface area contributed by atoms with Crippen LogP contribution in [-0.4, -0.2) is 27.2 Å². The lowest BCUT2D eigenvalue weighted by atomic mass is 10.1. The molecule has 2 aromatic heterocycles. The SMILES string of the molecule is COCc1nc(-c2cnccn2)sc1C(C)(C)O. The Morgan fingerprint density at radius 1 is 1.39 bits per heavy atom. The third-order valence-electron chi connectivity index (χ3n) is 2.32. The molecule has 0 saturated carbocycles. The molecule has 0 aliphatic carbocycles. The highest BCUT2D eigenvalue weighted by atomic mass is 32.1. The molecular formula is C12H15N3O2S. The summed E-state index contributed by atoms with van der Waals surface area (Å²) in [6, 6.07) is 0. The first kappa shape index (κ1) is 13.1. The second-order valence-corrected chi connectivity index (χ2v) is 5.38. The molecule has 0 aliphatic rings. The number of hydrogen-bond donors (Lipinski definition) is 1. The first-order chi connectivity index (χ1) is 8.52. The van der Waals surface area contributed by atoms with Crippen molar-refractivity contribution in [3.63, 3.8) is 0 Å². The van der Waals surface area contributed by atoms with Crippen LogP contribution in [0.25, 0.3) is 10.7 Å². The first-order valence-electron chi connectivity index (χ1n) is 5.50. The Hall–Kier alpha value is -1.37. The van der Waals surface area contributed by atoms with Crippen molar-refractivity contribution in [1.82, 2.24) is 15.0 Å². The zero-order valence-corrected chi connectivity index (χ0v) is 11.4. The summed E-state index contributed by atoms with van der Waals surface area (Å²) in [5, 5.41) is 10.9. The van der Waals surface area contributed by atoms with E-state index in [0.717, 1.165) is 15.6 Å². The summed E-state index contributed by atoms with van der Waals surface area (Å²) < 4.78 is 5.11. The van der Waals surface area contributed by atoms with Gasteiger partial charge in [-0.15, -0.1) is 11.3 Å². The molecule has 0 saturated heterocycles. The highest BCUT2D eigenvalue weighted by Crippen LogP contribution is 2.34. The van der Waals surface area contributed by atoms with Gasteiger partial charge >= 0.3 is 0 Å². The molecule has 96 valence electrons. The van der Waals surface area contributed by atoms with E-state index in [9.17, 15) is 5.11 Å². The summed E-state index contributed by atoms with van der Waals surface area (Å²) in [7, 11) is 1.61. The van der Waals surface area contributed by atoms with Crippen molar-refractivity contribution in [3.05, 3.63) is 29.2 Å². The minimum atomic E-state index is -0.939. The van der Waals surface area contributed by atoms with Gasteiger partial charge in [-0.1, -0.05) is 0 Å². The predicted octanol–water partition coefficient (Wildman–Crippen LogP) is 1.97. The smallest absolute Gasteiger partial charge is 0.144 e. The zero-order valence-electron chi connectivity index (χ0n) is 10.5. The summed E-state index contributed by atoms with van der Waals surface area (Å²) in [6.45, 7) is 3.84. The molecule has 0 atom stereocenters. The zero-order chi connectivity index (χ0) is 13.2. The van der Waals surface area contributed by atoms with Crippen molar-refractivity contribution in [1.29, 1.82) is 0 Å². The van der Waals surface area contributed by atoms with Crippen molar-refractivity contribution in [2.24, 2.45) is 0 Å². The molecule has 6 heteroatoms. The minimum Gasteiger partial charge on any atom is -0.385 e. The Bertz CT molecular complexity index is 520. The van der Waals surface area contributed by atoms with Gasteiger partial charge in [-0.25, -0.2) is 4.98 Å². The van der Waals surface area contributed by atoms with Crippen LogP contribution in [0.3, 0.4) is 0 Å². The monoisotopic (exact) mass is 265 g/mol. The number of aromatic nitrogens is 3. The molecule has 0 aromatic carbocycles. The van der Waals surface area contributed by atoms with Crippen molar-refractivity contribution >= 4 is 11.3 Å². The second-order valence-electron chi connectivity index (χ2n) is 4.38. The van der Waals surface area contributed by atoms with E-state index in [4.69, 9.17) is 4.74 Å². The topological polar surface area (TPSA) is 68.1 Å². The Morgan fingerprint density at radius 3 is 2.72 bits per heavy atom. The Labute approximate surface area is 110 Å². The Morgan fingerprint density at radius 2 is 2.17 bits per heavy atom. The van der Waals surface area contributed by atoms with Crippen molar-refractivity contribution in [3.8, 4) is 10.7 Å². The summed E-state index contributed by atoms with van der Waals surface area (Å²) in [5.41, 5.74) is 0.512. The number of aliphatic hydroxyl groups is 1. The van der Waals surface area contributed by atoms with Gasteiger partial charge in [0.05, 0.1) is 29.0 Å². The fourth-order valence-corrected chi connectivity index (χ4v) is 2.61. The Kier molecular flexibility index (Phi) is 3.70. The number of methoxy groups -OCH3 is 1. The standard InChI is InChI=1S/C12H15N3O2S/c1-12(2,16)10-9(7-17-3)15-11(18-10)8-6-13-4-5-14-8/h4-6,16H,7H2,1-3H3. The maximum atomic E-state index is 10.1. The fraction of sp³-hybridized carbons (Fsp3) is 0.417. The van der Waals surface area contributed by atoms with E-state index in [0.29, 0.717) is 12.3 Å². The van der Waals surface area contributed by atoms with Crippen LogP contribution in [0.2, 0.25) is 0 Å². The van der Waals surface area contributed by atoms with E-state index < -0.39 is 5.60 Å². The average Bonchev–Trinajstić information content (AvgIpc) is 2.75. The van der Waals surface area contributed by atoms with E-state index in [-0.39, 0.29) is 0 Å². The van der Waals surface area contributed by atoms with Crippen LogP contribution in [0.5, 0.6) is 0 Å². The second kappa shape index (κ2) is 5.09. The molecule has 2 heterocycles. The summed E-state index contributed by atoms with van der Waals surface area (Å²) in [6.07, 6.45) is 4.89. The maximum Gasteiger partial charge on any atom is 0.144 e. The van der Waals surface area contributed by atoms with Crippen LogP contribution >= 0.6 is 11.3 Å². The van der Waals surface area contributed by atoms with Crippen LogP contribution in [0, 0.1) is 0 Å². The highest BCUT2D eigenvalue weighted by molar-refractivity contribution is 7.15. The van der Waals surface area contributed by atoms with Gasteiger partial charge in [-0.3, -0.25) is 9.97 Å². The van der Waals surface area contributed by atoms with Gasteiger partial charge in [0.15, 0.2) is 0 Å². The number of hydrogen-bond acceptors (Lipinski definition) is 6. The number of rotatable bonds is 4. The van der Waals surface area contributed by atoms with Gasteiger partial charge < -0.3 is 9.84 Å². The lowest BCUT2D eigenvalue weighted by molar-refractivity contribution is 0.0782. The largest absolute Gasteiger partial charge is 0.385 e. The molecule has 1 N–H and O–H groups in total. The fourth-order valence-electron chi connectivity index (χ4n) is 1.58. The first-order valence-corrected chi connectivity index (χ1v) is 6.32. The number of ether oxygens (including phenoxy) is 1. The van der Waals surface area contributed by atoms with Gasteiger partial charge in [0.2, 0.25) is 0 Å². The van der Waals surface area contributed by atoms with Gasteiger partial charge in [0.25, 0.3) is 0 Å². The van der Waals surface area contributed by atoms with Gasteiger partial charge in [-0.2, -0.15) is 0 Å². The van der Waals surface area contributed by atoms with Crippen molar-refractivity contribution < 1.29 is 9.84 Å². The van der Waals surface area contributed by atoms with E-state index in [2.05, 4.69) is 15.0 Å². The van der Waals surface area contributed by atoms with Crippen molar-refractivity contribution in [2.45, 2.75) is 26.1 Å². The van der Waals surface area contributed by atoms with E-state index in [1.807, 2.05) is 0 Å². The molecule has 18 heavy (non-hydrogen) atoms. The third kappa shape index (κ3) is 2.72. The van der Waals surface area contributed by atoms with Crippen LogP contribution in [-0.2, 0) is 16.9 Å². The van der Waals surface area contributed by atoms with Crippen LogP contribution < -0.4 is 0 Å². The summed E-state index contributed by atoms with van der Waals surface area (Å²) in [5.74, 6) is 0. The number of thiazole rings is 1. The van der Waals surface area contributed by atoms with E-state index in [1.54, 1.807) is 39.5 Å². The quantitative estimate of drug-likeness (QED) is 0.915. The summed E-state index contributed by atoms with van der Waals surface area (Å²) >= 11 is 1.42.